The first-order chi connectivity index (χ1) is 14.0. The number of benzene rings is 1. The van der Waals surface area contributed by atoms with Gasteiger partial charge in [0.1, 0.15) is 29.3 Å². The fourth-order valence-corrected chi connectivity index (χ4v) is 3.32. The Morgan fingerprint density at radius 3 is 2.76 bits per heavy atom. The molecule has 4 aromatic rings. The van der Waals surface area contributed by atoms with Gasteiger partial charge in [-0.2, -0.15) is 0 Å². The summed E-state index contributed by atoms with van der Waals surface area (Å²) in [6.07, 6.45) is 0. The molecule has 0 aliphatic rings. The molecule has 4 rings (SSSR count). The predicted molar refractivity (Wildman–Crippen MR) is 107 cm³/mol. The van der Waals surface area contributed by atoms with E-state index in [-0.39, 0.29) is 17.7 Å². The van der Waals surface area contributed by atoms with Crippen LogP contribution < -0.4 is 5.56 Å². The van der Waals surface area contributed by atoms with Crippen molar-refractivity contribution < 1.29 is 14.1 Å². The van der Waals surface area contributed by atoms with E-state index in [1.165, 1.54) is 10.5 Å². The Morgan fingerprint density at radius 2 is 1.97 bits per heavy atom. The van der Waals surface area contributed by atoms with Gasteiger partial charge in [0.2, 0.25) is 0 Å². The van der Waals surface area contributed by atoms with Crippen LogP contribution in [0.15, 0.2) is 57.8 Å². The zero-order valence-electron chi connectivity index (χ0n) is 15.7. The van der Waals surface area contributed by atoms with Gasteiger partial charge < -0.3 is 9.26 Å². The van der Waals surface area contributed by atoms with Crippen LogP contribution >= 0.6 is 11.6 Å². The van der Waals surface area contributed by atoms with Crippen LogP contribution in [0, 0.1) is 13.8 Å². The Morgan fingerprint density at radius 1 is 1.17 bits per heavy atom. The molecule has 0 unspecified atom stereocenters. The van der Waals surface area contributed by atoms with Crippen molar-refractivity contribution in [2.24, 2.45) is 0 Å². The predicted octanol–water partition coefficient (Wildman–Crippen LogP) is 3.98. The van der Waals surface area contributed by atoms with Gasteiger partial charge in [-0.25, -0.2) is 9.78 Å². The lowest BCUT2D eigenvalue weighted by atomic mass is 10.1. The lowest BCUT2D eigenvalue weighted by Crippen LogP contribution is -2.18. The van der Waals surface area contributed by atoms with Gasteiger partial charge in [0.15, 0.2) is 0 Å². The number of aryl methyl sites for hydroxylation is 2. The Labute approximate surface area is 170 Å². The highest BCUT2D eigenvalue weighted by molar-refractivity contribution is 6.33. The summed E-state index contributed by atoms with van der Waals surface area (Å²) in [6.45, 7) is 3.28. The van der Waals surface area contributed by atoms with E-state index >= 15 is 0 Å². The van der Waals surface area contributed by atoms with Crippen molar-refractivity contribution in [3.05, 3.63) is 86.6 Å². The average molecular weight is 410 g/mol. The molecule has 8 heteroatoms. The van der Waals surface area contributed by atoms with Gasteiger partial charge in [0.25, 0.3) is 5.56 Å². The second kappa shape index (κ2) is 7.52. The smallest absolute Gasteiger partial charge is 0.344 e. The fourth-order valence-electron chi connectivity index (χ4n) is 3.10. The van der Waals surface area contributed by atoms with Crippen molar-refractivity contribution in [1.29, 1.82) is 0 Å². The highest BCUT2D eigenvalue weighted by Crippen LogP contribution is 2.31. The minimum absolute atomic E-state index is 0.162. The second-order valence-corrected chi connectivity index (χ2v) is 6.87. The Balaban J connectivity index is 1.62. The first kappa shape index (κ1) is 18.9. The van der Waals surface area contributed by atoms with Gasteiger partial charge in [0, 0.05) is 17.3 Å². The molecule has 3 heterocycles. The topological polar surface area (TPSA) is 86.7 Å². The van der Waals surface area contributed by atoms with E-state index in [2.05, 4.69) is 10.1 Å². The third-order valence-electron chi connectivity index (χ3n) is 4.48. The number of ether oxygens (including phenoxy) is 1. The number of rotatable bonds is 4. The van der Waals surface area contributed by atoms with E-state index < -0.39 is 5.97 Å². The summed E-state index contributed by atoms with van der Waals surface area (Å²) in [7, 11) is 0. The van der Waals surface area contributed by atoms with E-state index in [1.807, 2.05) is 19.1 Å². The van der Waals surface area contributed by atoms with E-state index in [0.29, 0.717) is 33.4 Å². The second-order valence-electron chi connectivity index (χ2n) is 6.46. The number of fused-ring (bicyclic) bond motifs is 1. The van der Waals surface area contributed by atoms with Gasteiger partial charge >= 0.3 is 5.97 Å². The van der Waals surface area contributed by atoms with Crippen molar-refractivity contribution in [3.8, 4) is 11.3 Å². The summed E-state index contributed by atoms with van der Waals surface area (Å²) in [5.41, 5.74) is 2.43. The molecule has 0 aliphatic heterocycles. The highest BCUT2D eigenvalue weighted by Gasteiger charge is 2.24. The van der Waals surface area contributed by atoms with Crippen LogP contribution in [0.2, 0.25) is 5.02 Å². The van der Waals surface area contributed by atoms with Gasteiger partial charge in [-0.15, -0.1) is 0 Å². The third-order valence-corrected chi connectivity index (χ3v) is 4.81. The van der Waals surface area contributed by atoms with E-state index in [1.54, 1.807) is 37.3 Å². The normalized spacial score (nSPS) is 11.0. The van der Waals surface area contributed by atoms with E-state index in [9.17, 15) is 9.59 Å². The molecule has 0 N–H and O–H groups in total. The van der Waals surface area contributed by atoms with Crippen molar-refractivity contribution in [1.82, 2.24) is 14.5 Å². The summed E-state index contributed by atoms with van der Waals surface area (Å²) in [4.78, 5) is 29.5. The molecule has 0 bridgehead atoms. The minimum atomic E-state index is -0.634. The molecule has 29 heavy (non-hydrogen) atoms. The quantitative estimate of drug-likeness (QED) is 0.474. The SMILES string of the molecule is Cc1onc(-c2ccccc2Cl)c1C(=O)OCc1cc(=O)n2c(C)cccc2n1. The maximum atomic E-state index is 12.7. The van der Waals surface area contributed by atoms with Crippen LogP contribution in [0.5, 0.6) is 0 Å². The number of esters is 1. The van der Waals surface area contributed by atoms with Crippen LogP contribution in [0.3, 0.4) is 0 Å². The molecule has 0 saturated carbocycles. The summed E-state index contributed by atoms with van der Waals surface area (Å²) >= 11 is 6.22. The summed E-state index contributed by atoms with van der Waals surface area (Å²) < 4.78 is 12.1. The largest absolute Gasteiger partial charge is 0.455 e. The highest BCUT2D eigenvalue weighted by atomic mass is 35.5. The number of nitrogens with zero attached hydrogens (tertiary/aromatic N) is 3. The lowest BCUT2D eigenvalue weighted by Gasteiger charge is -2.08. The number of carbonyl (C=O) groups is 1. The number of hydrogen-bond donors (Lipinski definition) is 0. The average Bonchev–Trinajstić information content (AvgIpc) is 3.07. The summed E-state index contributed by atoms with van der Waals surface area (Å²) in [5.74, 6) is -0.322. The van der Waals surface area contributed by atoms with Gasteiger partial charge in [-0.1, -0.05) is 41.0 Å². The fraction of sp³-hybridized carbons (Fsp3) is 0.143. The van der Waals surface area contributed by atoms with Gasteiger partial charge in [-0.3, -0.25) is 9.20 Å². The molecule has 0 spiro atoms. The molecule has 7 nitrogen and oxygen atoms in total. The van der Waals surface area contributed by atoms with Crippen LogP contribution in [0.4, 0.5) is 0 Å². The third kappa shape index (κ3) is 3.52. The standard InChI is InChI=1S/C21H16ClN3O4/c1-12-6-5-9-17-23-14(10-18(26)25(12)17)11-28-21(27)19-13(2)29-24-20(19)15-7-3-4-8-16(15)22/h3-10H,11H2,1-2H3. The first-order valence-corrected chi connectivity index (χ1v) is 9.20. The van der Waals surface area contributed by atoms with Crippen molar-refractivity contribution in [2.45, 2.75) is 20.5 Å². The van der Waals surface area contributed by atoms with Crippen LogP contribution in [0.1, 0.15) is 27.5 Å². The molecule has 146 valence electrons. The van der Waals surface area contributed by atoms with E-state index in [0.717, 1.165) is 5.69 Å². The molecular weight excluding hydrogens is 394 g/mol. The van der Waals surface area contributed by atoms with Crippen LogP contribution in [-0.4, -0.2) is 20.5 Å². The Kier molecular flexibility index (Phi) is 4.90. The zero-order chi connectivity index (χ0) is 20.5. The zero-order valence-corrected chi connectivity index (χ0v) is 16.4. The number of hydrogen-bond acceptors (Lipinski definition) is 6. The number of halogens is 1. The minimum Gasteiger partial charge on any atom is -0.455 e. The van der Waals surface area contributed by atoms with Crippen molar-refractivity contribution in [2.75, 3.05) is 0 Å². The summed E-state index contributed by atoms with van der Waals surface area (Å²) in [5, 5.41) is 4.40. The number of carbonyl (C=O) groups excluding carboxylic acids is 1. The van der Waals surface area contributed by atoms with E-state index in [4.69, 9.17) is 20.9 Å². The van der Waals surface area contributed by atoms with Crippen molar-refractivity contribution in [3.63, 3.8) is 0 Å². The van der Waals surface area contributed by atoms with Crippen molar-refractivity contribution >= 4 is 23.2 Å². The van der Waals surface area contributed by atoms with Crippen LogP contribution in [-0.2, 0) is 11.3 Å². The Bertz CT molecular complexity index is 1290. The lowest BCUT2D eigenvalue weighted by molar-refractivity contribution is 0.0466. The molecule has 3 aromatic heterocycles. The molecular formula is C21H16ClN3O4. The van der Waals surface area contributed by atoms with Gasteiger partial charge in [-0.05, 0) is 32.0 Å². The number of aromatic nitrogens is 3. The Hall–Kier alpha value is -3.45. The molecule has 0 radical (unpaired) electrons. The van der Waals surface area contributed by atoms with Crippen LogP contribution in [0.25, 0.3) is 16.9 Å². The monoisotopic (exact) mass is 409 g/mol. The maximum absolute atomic E-state index is 12.7. The molecule has 0 aliphatic carbocycles. The molecule has 1 aromatic carbocycles. The molecule has 0 saturated heterocycles. The maximum Gasteiger partial charge on any atom is 0.344 e. The number of pyridine rings is 1. The first-order valence-electron chi connectivity index (χ1n) is 8.82. The molecule has 0 amide bonds. The molecule has 0 atom stereocenters. The molecule has 0 fully saturated rings. The van der Waals surface area contributed by atoms with Gasteiger partial charge in [0.05, 0.1) is 10.7 Å². The summed E-state index contributed by atoms with van der Waals surface area (Å²) in [6, 6.07) is 13.7.